The summed E-state index contributed by atoms with van der Waals surface area (Å²) in [5.74, 6) is 0. The third-order valence-corrected chi connectivity index (χ3v) is 3.95. The Morgan fingerprint density at radius 3 is 2.62 bits per heavy atom. The van der Waals surface area contributed by atoms with Gasteiger partial charge in [-0.3, -0.25) is 4.98 Å². The number of benzene rings is 1. The first-order valence-corrected chi connectivity index (χ1v) is 7.17. The van der Waals surface area contributed by atoms with E-state index in [4.69, 9.17) is 0 Å². The molecule has 1 N–H and O–H groups in total. The van der Waals surface area contributed by atoms with Crippen molar-refractivity contribution in [2.45, 2.75) is 5.03 Å². The van der Waals surface area contributed by atoms with Gasteiger partial charge >= 0.3 is 0 Å². The predicted molar refractivity (Wildman–Crippen MR) is 83.8 cm³/mol. The Labute approximate surface area is 124 Å². The number of hydrogen-bond donors (Lipinski definition) is 1. The molecule has 0 aliphatic carbocycles. The standard InChI is InChI=1S/C16H10FN3S/c17-21-16-4-2-11(8-19-16)10-1-3-12-13-9-18-6-5-14(13)20-15(12)7-10/h1-9,20H. The Morgan fingerprint density at radius 1 is 0.905 bits per heavy atom. The van der Waals surface area contributed by atoms with Gasteiger partial charge in [0.25, 0.3) is 0 Å². The lowest BCUT2D eigenvalue weighted by atomic mass is 10.1. The smallest absolute Gasteiger partial charge is 0.129 e. The number of aromatic amines is 1. The van der Waals surface area contributed by atoms with Gasteiger partial charge in [-0.1, -0.05) is 18.2 Å². The number of halogens is 1. The van der Waals surface area contributed by atoms with Crippen molar-refractivity contribution in [2.24, 2.45) is 0 Å². The Kier molecular flexibility index (Phi) is 2.86. The van der Waals surface area contributed by atoms with E-state index in [1.54, 1.807) is 18.5 Å². The van der Waals surface area contributed by atoms with E-state index in [2.05, 4.69) is 27.1 Å². The summed E-state index contributed by atoms with van der Waals surface area (Å²) < 4.78 is 12.4. The molecule has 0 bridgehead atoms. The molecule has 0 unspecified atom stereocenters. The maximum Gasteiger partial charge on any atom is 0.129 e. The molecule has 0 saturated carbocycles. The van der Waals surface area contributed by atoms with Crippen LogP contribution in [0.5, 0.6) is 0 Å². The fourth-order valence-corrected chi connectivity index (χ4v) is 2.73. The van der Waals surface area contributed by atoms with E-state index in [0.717, 1.165) is 32.9 Å². The number of nitrogens with one attached hydrogen (secondary N) is 1. The highest BCUT2D eigenvalue weighted by atomic mass is 32.2. The number of pyridine rings is 2. The zero-order valence-electron chi connectivity index (χ0n) is 10.9. The summed E-state index contributed by atoms with van der Waals surface area (Å²) in [7, 11) is 0. The van der Waals surface area contributed by atoms with Gasteiger partial charge in [-0.2, -0.15) is 3.89 Å². The Balaban J connectivity index is 1.87. The molecule has 4 rings (SSSR count). The molecule has 0 atom stereocenters. The first-order valence-electron chi connectivity index (χ1n) is 6.45. The van der Waals surface area contributed by atoms with Crippen LogP contribution in [0.4, 0.5) is 3.89 Å². The van der Waals surface area contributed by atoms with E-state index >= 15 is 0 Å². The van der Waals surface area contributed by atoms with E-state index in [9.17, 15) is 3.89 Å². The third-order valence-electron chi connectivity index (χ3n) is 3.55. The summed E-state index contributed by atoms with van der Waals surface area (Å²) in [6, 6.07) is 11.7. The normalized spacial score (nSPS) is 11.3. The molecule has 102 valence electrons. The van der Waals surface area contributed by atoms with Crippen molar-refractivity contribution in [1.82, 2.24) is 15.0 Å². The Bertz CT molecular complexity index is 931. The molecule has 0 aliphatic rings. The first kappa shape index (κ1) is 12.3. The molecule has 4 aromatic rings. The SMILES string of the molecule is FSc1ccc(-c2ccc3c(c2)[nH]c2ccncc23)cn1. The molecular formula is C16H10FN3S. The van der Waals surface area contributed by atoms with Crippen LogP contribution in [-0.2, 0) is 0 Å². The summed E-state index contributed by atoms with van der Waals surface area (Å²) in [5.41, 5.74) is 4.13. The summed E-state index contributed by atoms with van der Waals surface area (Å²) in [6.07, 6.45) is 5.33. The second kappa shape index (κ2) is 4.86. The van der Waals surface area contributed by atoms with Gasteiger partial charge in [-0.15, -0.1) is 0 Å². The molecule has 3 heterocycles. The Morgan fingerprint density at radius 2 is 1.81 bits per heavy atom. The fraction of sp³-hybridized carbons (Fsp3) is 0. The zero-order chi connectivity index (χ0) is 14.2. The topological polar surface area (TPSA) is 41.6 Å². The van der Waals surface area contributed by atoms with Crippen LogP contribution in [0.3, 0.4) is 0 Å². The Hall–Kier alpha value is -2.40. The highest BCUT2D eigenvalue weighted by Gasteiger charge is 2.06. The molecular weight excluding hydrogens is 285 g/mol. The number of aromatic nitrogens is 3. The molecule has 1 aromatic carbocycles. The van der Waals surface area contributed by atoms with E-state index in [1.807, 2.05) is 24.4 Å². The van der Waals surface area contributed by atoms with E-state index in [0.29, 0.717) is 5.03 Å². The van der Waals surface area contributed by atoms with Gasteiger partial charge in [0.1, 0.15) is 17.2 Å². The van der Waals surface area contributed by atoms with E-state index in [1.165, 1.54) is 0 Å². The maximum absolute atomic E-state index is 12.4. The zero-order valence-corrected chi connectivity index (χ0v) is 11.7. The lowest BCUT2D eigenvalue weighted by molar-refractivity contribution is 0.919. The monoisotopic (exact) mass is 295 g/mol. The van der Waals surface area contributed by atoms with Crippen molar-refractivity contribution >= 4 is 34.0 Å². The average Bonchev–Trinajstić information content (AvgIpc) is 2.92. The predicted octanol–water partition coefficient (Wildman–Crippen LogP) is 4.75. The first-order chi connectivity index (χ1) is 10.3. The quantitative estimate of drug-likeness (QED) is 0.580. The maximum atomic E-state index is 12.4. The summed E-state index contributed by atoms with van der Waals surface area (Å²) >= 11 is 0.154. The van der Waals surface area contributed by atoms with Crippen molar-refractivity contribution in [2.75, 3.05) is 0 Å². The lowest BCUT2D eigenvalue weighted by Crippen LogP contribution is -1.82. The largest absolute Gasteiger partial charge is 0.354 e. The molecule has 0 aliphatic heterocycles. The van der Waals surface area contributed by atoms with Gasteiger partial charge in [0.05, 0.1) is 0 Å². The van der Waals surface area contributed by atoms with Gasteiger partial charge in [0, 0.05) is 46.0 Å². The molecule has 0 amide bonds. The van der Waals surface area contributed by atoms with Gasteiger partial charge in [0.2, 0.25) is 0 Å². The minimum absolute atomic E-state index is 0.154. The van der Waals surface area contributed by atoms with Crippen molar-refractivity contribution in [3.63, 3.8) is 0 Å². The molecule has 0 radical (unpaired) electrons. The van der Waals surface area contributed by atoms with Crippen molar-refractivity contribution < 1.29 is 3.89 Å². The summed E-state index contributed by atoms with van der Waals surface area (Å²) in [4.78, 5) is 11.6. The van der Waals surface area contributed by atoms with Crippen LogP contribution in [-0.4, -0.2) is 15.0 Å². The van der Waals surface area contributed by atoms with Crippen LogP contribution < -0.4 is 0 Å². The van der Waals surface area contributed by atoms with Crippen LogP contribution in [0, 0.1) is 0 Å². The molecule has 5 heteroatoms. The van der Waals surface area contributed by atoms with Gasteiger partial charge < -0.3 is 4.98 Å². The number of rotatable bonds is 2. The van der Waals surface area contributed by atoms with Gasteiger partial charge in [-0.25, -0.2) is 4.98 Å². The number of fused-ring (bicyclic) bond motifs is 3. The lowest BCUT2D eigenvalue weighted by Gasteiger charge is -2.02. The van der Waals surface area contributed by atoms with Crippen LogP contribution in [0.15, 0.2) is 60.0 Å². The number of hydrogen-bond acceptors (Lipinski definition) is 3. The van der Waals surface area contributed by atoms with Crippen LogP contribution in [0.25, 0.3) is 32.9 Å². The van der Waals surface area contributed by atoms with Crippen LogP contribution in [0.1, 0.15) is 0 Å². The molecule has 0 spiro atoms. The van der Waals surface area contributed by atoms with Crippen molar-refractivity contribution in [3.05, 3.63) is 55.0 Å². The fourth-order valence-electron chi connectivity index (χ4n) is 2.52. The molecule has 0 saturated heterocycles. The highest BCUT2D eigenvalue weighted by Crippen LogP contribution is 2.29. The van der Waals surface area contributed by atoms with Gasteiger partial charge in [0.15, 0.2) is 0 Å². The van der Waals surface area contributed by atoms with E-state index < -0.39 is 0 Å². The highest BCUT2D eigenvalue weighted by molar-refractivity contribution is 7.94. The molecule has 3 nitrogen and oxygen atoms in total. The number of nitrogens with zero attached hydrogens (tertiary/aromatic N) is 2. The van der Waals surface area contributed by atoms with Crippen LogP contribution in [0.2, 0.25) is 0 Å². The minimum Gasteiger partial charge on any atom is -0.354 e. The van der Waals surface area contributed by atoms with E-state index in [-0.39, 0.29) is 12.1 Å². The van der Waals surface area contributed by atoms with Crippen molar-refractivity contribution in [3.8, 4) is 11.1 Å². The van der Waals surface area contributed by atoms with Crippen LogP contribution >= 0.6 is 12.1 Å². The molecule has 3 aromatic heterocycles. The summed E-state index contributed by atoms with van der Waals surface area (Å²) in [5, 5.41) is 2.63. The van der Waals surface area contributed by atoms with Crippen molar-refractivity contribution in [1.29, 1.82) is 0 Å². The number of H-pyrrole nitrogens is 1. The van der Waals surface area contributed by atoms with Gasteiger partial charge in [-0.05, 0) is 23.8 Å². The summed E-state index contributed by atoms with van der Waals surface area (Å²) in [6.45, 7) is 0. The second-order valence-electron chi connectivity index (χ2n) is 4.77. The average molecular weight is 295 g/mol. The molecule has 21 heavy (non-hydrogen) atoms. The second-order valence-corrected chi connectivity index (χ2v) is 5.34. The molecule has 0 fully saturated rings. The third kappa shape index (κ3) is 2.06. The minimum atomic E-state index is 0.154.